The molecule has 0 heterocycles. The molecular weight excluding hydrogens is 266 g/mol. The van der Waals surface area contributed by atoms with Crippen LogP contribution in [0.15, 0.2) is 18.2 Å². The number of ether oxygens (including phenoxy) is 1. The number of para-hydroxylation sites is 1. The van der Waals surface area contributed by atoms with Gasteiger partial charge in [0.05, 0.1) is 12.3 Å². The normalized spacial score (nSPS) is 10.1. The average Bonchev–Trinajstić information content (AvgIpc) is 2.39. The minimum Gasteiger partial charge on any atom is -0.449 e. The lowest BCUT2D eigenvalue weighted by molar-refractivity contribution is -0.115. The lowest BCUT2D eigenvalue weighted by Gasteiger charge is -2.23. The Balaban J connectivity index is 3.17. The molecule has 0 bridgehead atoms. The van der Waals surface area contributed by atoms with Crippen molar-refractivity contribution in [3.63, 3.8) is 0 Å². The topological polar surface area (TPSA) is 46.6 Å². The summed E-state index contributed by atoms with van der Waals surface area (Å²) < 4.78 is 5.05. The molecule has 5 heteroatoms. The number of benzene rings is 1. The molecular formula is C14H18ClNO3. The van der Waals surface area contributed by atoms with Crippen LogP contribution in [0.25, 0.3) is 0 Å². The first-order valence-electron chi connectivity index (χ1n) is 6.14. The third-order valence-electron chi connectivity index (χ3n) is 2.64. The van der Waals surface area contributed by atoms with E-state index in [1.165, 1.54) is 0 Å². The number of aryl methyl sites for hydroxylation is 2. The van der Waals surface area contributed by atoms with E-state index in [-0.39, 0.29) is 12.5 Å². The summed E-state index contributed by atoms with van der Waals surface area (Å²) in [6.07, 6.45) is 0.0198. The highest BCUT2D eigenvalue weighted by molar-refractivity contribution is 6.32. The molecule has 0 spiro atoms. The van der Waals surface area contributed by atoms with Crippen LogP contribution >= 0.6 is 11.6 Å². The highest BCUT2D eigenvalue weighted by Crippen LogP contribution is 2.25. The first kappa shape index (κ1) is 15.5. The maximum absolute atomic E-state index is 12.0. The molecule has 0 radical (unpaired) electrons. The predicted octanol–water partition coefficient (Wildman–Crippen LogP) is 3.42. The van der Waals surface area contributed by atoms with Crippen LogP contribution < -0.4 is 4.90 Å². The van der Waals surface area contributed by atoms with Gasteiger partial charge in [-0.3, -0.25) is 4.79 Å². The van der Waals surface area contributed by atoms with Gasteiger partial charge in [-0.2, -0.15) is 0 Å². The molecule has 2 amide bonds. The largest absolute Gasteiger partial charge is 0.449 e. The second kappa shape index (κ2) is 7.14. The van der Waals surface area contributed by atoms with Gasteiger partial charge in [0.2, 0.25) is 0 Å². The zero-order valence-electron chi connectivity index (χ0n) is 11.4. The van der Waals surface area contributed by atoms with Gasteiger partial charge in [-0.25, -0.2) is 9.69 Å². The molecule has 0 atom stereocenters. The number of imide groups is 1. The summed E-state index contributed by atoms with van der Waals surface area (Å²) in [6, 6.07) is 5.54. The summed E-state index contributed by atoms with van der Waals surface area (Å²) in [5, 5.41) is 0. The van der Waals surface area contributed by atoms with Gasteiger partial charge in [-0.15, -0.1) is 11.6 Å². The summed E-state index contributed by atoms with van der Waals surface area (Å²) in [5.74, 6) is -0.755. The van der Waals surface area contributed by atoms with E-state index in [9.17, 15) is 9.59 Å². The van der Waals surface area contributed by atoms with E-state index in [4.69, 9.17) is 16.3 Å². The third kappa shape index (κ3) is 3.70. The molecule has 0 aromatic heterocycles. The van der Waals surface area contributed by atoms with Crippen LogP contribution in [0.5, 0.6) is 0 Å². The number of hydrogen-bond donors (Lipinski definition) is 0. The molecule has 1 aromatic carbocycles. The summed E-state index contributed by atoms with van der Waals surface area (Å²) in [5.41, 5.74) is 2.20. The van der Waals surface area contributed by atoms with Crippen molar-refractivity contribution in [2.45, 2.75) is 27.2 Å². The van der Waals surface area contributed by atoms with E-state index in [0.29, 0.717) is 12.1 Å². The fourth-order valence-electron chi connectivity index (χ4n) is 1.79. The number of halogens is 1. The van der Waals surface area contributed by atoms with Crippen LogP contribution in [0.1, 0.15) is 24.5 Å². The molecule has 0 saturated carbocycles. The second-order valence-electron chi connectivity index (χ2n) is 4.22. The minimum absolute atomic E-state index is 0.269. The number of nitrogens with zero attached hydrogens (tertiary/aromatic N) is 1. The molecule has 0 aliphatic heterocycles. The first-order valence-corrected chi connectivity index (χ1v) is 6.68. The van der Waals surface area contributed by atoms with Gasteiger partial charge in [-0.05, 0) is 31.4 Å². The maximum atomic E-state index is 12.0. The monoisotopic (exact) mass is 283 g/mol. The Morgan fingerprint density at radius 1 is 1.26 bits per heavy atom. The predicted molar refractivity (Wildman–Crippen MR) is 75.8 cm³/mol. The summed E-state index contributed by atoms with van der Waals surface area (Å²) in [6.45, 7) is 5.84. The van der Waals surface area contributed by atoms with Gasteiger partial charge >= 0.3 is 6.09 Å². The molecule has 104 valence electrons. The molecule has 0 aliphatic rings. The van der Waals surface area contributed by atoms with Crippen molar-refractivity contribution in [2.75, 3.05) is 17.4 Å². The van der Waals surface area contributed by atoms with Crippen molar-refractivity contribution in [3.8, 4) is 0 Å². The number of amides is 2. The van der Waals surface area contributed by atoms with E-state index < -0.39 is 12.0 Å². The van der Waals surface area contributed by atoms with E-state index in [2.05, 4.69) is 0 Å². The van der Waals surface area contributed by atoms with Gasteiger partial charge in [0.15, 0.2) is 0 Å². The zero-order chi connectivity index (χ0) is 14.4. The van der Waals surface area contributed by atoms with Crippen molar-refractivity contribution in [1.82, 2.24) is 0 Å². The molecule has 0 aliphatic carbocycles. The number of anilines is 1. The third-order valence-corrected chi connectivity index (χ3v) is 2.87. The average molecular weight is 284 g/mol. The Kier molecular flexibility index (Phi) is 5.83. The van der Waals surface area contributed by atoms with Crippen LogP contribution in [0.3, 0.4) is 0 Å². The highest BCUT2D eigenvalue weighted by atomic mass is 35.5. The van der Waals surface area contributed by atoms with E-state index in [1.54, 1.807) is 0 Å². The Labute approximate surface area is 118 Å². The number of hydrogen-bond acceptors (Lipinski definition) is 3. The highest BCUT2D eigenvalue weighted by Gasteiger charge is 2.26. The number of rotatable bonds is 4. The summed E-state index contributed by atoms with van der Waals surface area (Å²) >= 11 is 5.58. The second-order valence-corrected chi connectivity index (χ2v) is 4.48. The van der Waals surface area contributed by atoms with Gasteiger partial charge in [0.25, 0.3) is 5.91 Å². The Hall–Kier alpha value is -1.55. The van der Waals surface area contributed by atoms with Gasteiger partial charge in [0, 0.05) is 0 Å². The SMILES string of the molecule is CCCOC(=O)N(C(=O)CCl)c1c(C)cccc1C. The van der Waals surface area contributed by atoms with E-state index >= 15 is 0 Å². The Morgan fingerprint density at radius 2 is 1.84 bits per heavy atom. The molecule has 1 aromatic rings. The molecule has 1 rings (SSSR count). The number of carbonyl (C=O) groups is 2. The lowest BCUT2D eigenvalue weighted by atomic mass is 10.1. The summed E-state index contributed by atoms with van der Waals surface area (Å²) in [7, 11) is 0. The molecule has 0 N–H and O–H groups in total. The van der Waals surface area contributed by atoms with Gasteiger partial charge in [-0.1, -0.05) is 25.1 Å². The zero-order valence-corrected chi connectivity index (χ0v) is 12.2. The van der Waals surface area contributed by atoms with Crippen LogP contribution in [0.4, 0.5) is 10.5 Å². The van der Waals surface area contributed by atoms with Crippen molar-refractivity contribution in [3.05, 3.63) is 29.3 Å². The van der Waals surface area contributed by atoms with Gasteiger partial charge < -0.3 is 4.74 Å². The van der Waals surface area contributed by atoms with Crippen LogP contribution in [-0.4, -0.2) is 24.5 Å². The number of carbonyl (C=O) groups excluding carboxylic acids is 2. The van der Waals surface area contributed by atoms with Crippen molar-refractivity contribution >= 4 is 29.3 Å². The van der Waals surface area contributed by atoms with Crippen LogP contribution in [-0.2, 0) is 9.53 Å². The fraction of sp³-hybridized carbons (Fsp3) is 0.429. The smallest absolute Gasteiger partial charge is 0.421 e. The van der Waals surface area contributed by atoms with Crippen LogP contribution in [0, 0.1) is 13.8 Å². The summed E-state index contributed by atoms with van der Waals surface area (Å²) in [4.78, 5) is 25.0. The van der Waals surface area contributed by atoms with Crippen molar-refractivity contribution in [1.29, 1.82) is 0 Å². The van der Waals surface area contributed by atoms with Crippen LogP contribution in [0.2, 0.25) is 0 Å². The number of alkyl halides is 1. The van der Waals surface area contributed by atoms with E-state index in [1.807, 2.05) is 39.0 Å². The quantitative estimate of drug-likeness (QED) is 0.796. The molecule has 19 heavy (non-hydrogen) atoms. The molecule has 0 fully saturated rings. The Morgan fingerprint density at radius 3 is 2.32 bits per heavy atom. The molecule has 4 nitrogen and oxygen atoms in total. The lowest BCUT2D eigenvalue weighted by Crippen LogP contribution is -2.39. The fourth-order valence-corrected chi connectivity index (χ4v) is 1.91. The maximum Gasteiger partial charge on any atom is 0.421 e. The van der Waals surface area contributed by atoms with Crippen molar-refractivity contribution in [2.24, 2.45) is 0 Å². The minimum atomic E-state index is -0.676. The molecule has 0 saturated heterocycles. The Bertz CT molecular complexity index is 454. The first-order chi connectivity index (χ1) is 9.02. The van der Waals surface area contributed by atoms with Gasteiger partial charge in [0.1, 0.15) is 5.88 Å². The van der Waals surface area contributed by atoms with E-state index in [0.717, 1.165) is 16.0 Å². The van der Waals surface area contributed by atoms with Crippen molar-refractivity contribution < 1.29 is 14.3 Å². The molecule has 0 unspecified atom stereocenters. The standard InChI is InChI=1S/C14H18ClNO3/c1-4-8-19-14(18)16(12(17)9-15)13-10(2)6-5-7-11(13)3/h5-7H,4,8-9H2,1-3H3.